The van der Waals surface area contributed by atoms with Crippen LogP contribution in [0.25, 0.3) is 0 Å². The molecular formula is C10H19NO3S. The first kappa shape index (κ1) is 14.3. The summed E-state index contributed by atoms with van der Waals surface area (Å²) in [5, 5.41) is 8.56. The fraction of sp³-hybridized carbons (Fsp3) is 0.800. The van der Waals surface area contributed by atoms with E-state index in [0.29, 0.717) is 13.0 Å². The molecule has 0 aromatic rings. The molecule has 88 valence electrons. The van der Waals surface area contributed by atoms with E-state index in [4.69, 9.17) is 5.11 Å². The van der Waals surface area contributed by atoms with Crippen molar-refractivity contribution >= 4 is 23.6 Å². The van der Waals surface area contributed by atoms with Crippen LogP contribution in [-0.2, 0) is 9.59 Å². The highest BCUT2D eigenvalue weighted by molar-refractivity contribution is 7.98. The van der Waals surface area contributed by atoms with E-state index in [9.17, 15) is 9.59 Å². The Morgan fingerprint density at radius 3 is 2.33 bits per heavy atom. The predicted octanol–water partition coefficient (Wildman–Crippen LogP) is 1.45. The Hall–Kier alpha value is -0.710. The molecule has 0 heterocycles. The van der Waals surface area contributed by atoms with Gasteiger partial charge in [-0.3, -0.25) is 9.59 Å². The fourth-order valence-corrected chi connectivity index (χ4v) is 1.60. The molecular weight excluding hydrogens is 214 g/mol. The Kier molecular flexibility index (Phi) is 7.21. The molecule has 0 saturated carbocycles. The maximum atomic E-state index is 11.7. The highest BCUT2D eigenvalue weighted by atomic mass is 32.2. The maximum absolute atomic E-state index is 11.7. The van der Waals surface area contributed by atoms with Gasteiger partial charge in [0.2, 0.25) is 5.91 Å². The van der Waals surface area contributed by atoms with Gasteiger partial charge in [0.25, 0.3) is 0 Å². The van der Waals surface area contributed by atoms with Gasteiger partial charge in [-0.1, -0.05) is 0 Å². The monoisotopic (exact) mass is 233 g/mol. The molecule has 5 heteroatoms. The minimum atomic E-state index is -0.863. The number of amides is 1. The Bertz CT molecular complexity index is 219. The smallest absolute Gasteiger partial charge is 0.305 e. The molecule has 0 radical (unpaired) electrons. The highest BCUT2D eigenvalue weighted by Gasteiger charge is 2.16. The number of aliphatic carboxylic acids is 1. The first-order chi connectivity index (χ1) is 6.99. The Labute approximate surface area is 95.0 Å². The van der Waals surface area contributed by atoms with Crippen LogP contribution in [0.1, 0.15) is 26.7 Å². The molecule has 0 aliphatic heterocycles. The van der Waals surface area contributed by atoms with Crippen LogP contribution in [0.4, 0.5) is 0 Å². The zero-order chi connectivity index (χ0) is 11.8. The molecule has 0 spiro atoms. The van der Waals surface area contributed by atoms with E-state index < -0.39 is 5.97 Å². The molecule has 1 N–H and O–H groups in total. The largest absolute Gasteiger partial charge is 0.481 e. The van der Waals surface area contributed by atoms with Gasteiger partial charge in [0, 0.05) is 24.8 Å². The van der Waals surface area contributed by atoms with Crippen LogP contribution in [-0.4, -0.2) is 46.5 Å². The summed E-state index contributed by atoms with van der Waals surface area (Å²) in [4.78, 5) is 23.7. The molecule has 0 unspecified atom stereocenters. The third-order valence-electron chi connectivity index (χ3n) is 2.03. The number of hydrogen-bond donors (Lipinski definition) is 1. The molecule has 0 rings (SSSR count). The molecule has 0 aliphatic carbocycles. The summed E-state index contributed by atoms with van der Waals surface area (Å²) in [6, 6.07) is 0.0682. The Morgan fingerprint density at radius 1 is 1.33 bits per heavy atom. The average molecular weight is 233 g/mol. The van der Waals surface area contributed by atoms with Gasteiger partial charge in [0.1, 0.15) is 0 Å². The fourth-order valence-electron chi connectivity index (χ4n) is 1.22. The molecule has 0 fully saturated rings. The van der Waals surface area contributed by atoms with E-state index in [1.165, 1.54) is 0 Å². The van der Waals surface area contributed by atoms with E-state index in [0.717, 1.165) is 5.75 Å². The van der Waals surface area contributed by atoms with Crippen LogP contribution >= 0.6 is 11.8 Å². The van der Waals surface area contributed by atoms with Crippen molar-refractivity contribution in [3.8, 4) is 0 Å². The number of carboxylic acid groups (broad SMARTS) is 1. The molecule has 0 atom stereocenters. The molecule has 0 aliphatic rings. The van der Waals surface area contributed by atoms with Crippen molar-refractivity contribution in [2.75, 3.05) is 18.6 Å². The molecule has 0 aromatic heterocycles. The van der Waals surface area contributed by atoms with Crippen molar-refractivity contribution in [3.05, 3.63) is 0 Å². The Balaban J connectivity index is 4.13. The molecule has 0 bridgehead atoms. The minimum Gasteiger partial charge on any atom is -0.481 e. The second-order valence-corrected chi connectivity index (χ2v) is 4.55. The standard InChI is InChI=1S/C10H19NO3S/c1-8(2)11(6-4-10(13)14)9(12)5-7-15-3/h8H,4-7H2,1-3H3,(H,13,14). The number of rotatable bonds is 7. The van der Waals surface area contributed by atoms with Crippen LogP contribution in [0.3, 0.4) is 0 Å². The van der Waals surface area contributed by atoms with Crippen molar-refractivity contribution in [1.82, 2.24) is 4.90 Å². The number of carboxylic acids is 1. The minimum absolute atomic E-state index is 0.0171. The van der Waals surface area contributed by atoms with Crippen molar-refractivity contribution in [1.29, 1.82) is 0 Å². The summed E-state index contributed by atoms with van der Waals surface area (Å²) in [6.45, 7) is 4.11. The summed E-state index contributed by atoms with van der Waals surface area (Å²) in [6.07, 6.45) is 2.45. The van der Waals surface area contributed by atoms with E-state index in [1.54, 1.807) is 16.7 Å². The van der Waals surface area contributed by atoms with Crippen LogP contribution in [0, 0.1) is 0 Å². The van der Waals surface area contributed by atoms with Crippen molar-refractivity contribution in [3.63, 3.8) is 0 Å². The lowest BCUT2D eigenvalue weighted by molar-refractivity contribution is -0.139. The van der Waals surface area contributed by atoms with E-state index in [-0.39, 0.29) is 18.4 Å². The van der Waals surface area contributed by atoms with E-state index in [2.05, 4.69) is 0 Å². The van der Waals surface area contributed by atoms with Gasteiger partial charge in [0.15, 0.2) is 0 Å². The first-order valence-corrected chi connectivity index (χ1v) is 6.38. The SMILES string of the molecule is CSCCC(=O)N(CCC(=O)O)C(C)C. The number of thioether (sulfide) groups is 1. The van der Waals surface area contributed by atoms with Crippen molar-refractivity contribution < 1.29 is 14.7 Å². The zero-order valence-electron chi connectivity index (χ0n) is 9.52. The van der Waals surface area contributed by atoms with Crippen LogP contribution in [0.15, 0.2) is 0 Å². The first-order valence-electron chi connectivity index (χ1n) is 4.99. The molecule has 15 heavy (non-hydrogen) atoms. The molecule has 1 amide bonds. The number of carbonyl (C=O) groups excluding carboxylic acids is 1. The second-order valence-electron chi connectivity index (χ2n) is 3.57. The number of nitrogens with zero attached hydrogens (tertiary/aromatic N) is 1. The average Bonchev–Trinajstić information content (AvgIpc) is 2.13. The van der Waals surface area contributed by atoms with Gasteiger partial charge in [-0.15, -0.1) is 0 Å². The third-order valence-corrected chi connectivity index (χ3v) is 2.64. The quantitative estimate of drug-likeness (QED) is 0.723. The predicted molar refractivity (Wildman–Crippen MR) is 62.1 cm³/mol. The molecule has 0 saturated heterocycles. The second kappa shape index (κ2) is 7.56. The number of hydrogen-bond acceptors (Lipinski definition) is 3. The lowest BCUT2D eigenvalue weighted by Crippen LogP contribution is -2.38. The zero-order valence-corrected chi connectivity index (χ0v) is 10.3. The molecule has 0 aromatic carbocycles. The van der Waals surface area contributed by atoms with E-state index in [1.807, 2.05) is 20.1 Å². The summed E-state index contributed by atoms with van der Waals surface area (Å²) >= 11 is 1.62. The van der Waals surface area contributed by atoms with Gasteiger partial charge >= 0.3 is 5.97 Å². The van der Waals surface area contributed by atoms with Crippen LogP contribution in [0.2, 0.25) is 0 Å². The molecule has 4 nitrogen and oxygen atoms in total. The number of carbonyl (C=O) groups is 2. The topological polar surface area (TPSA) is 57.6 Å². The van der Waals surface area contributed by atoms with Gasteiger partial charge in [-0.05, 0) is 20.1 Å². The summed E-state index contributed by atoms with van der Waals surface area (Å²) in [5.41, 5.74) is 0. The van der Waals surface area contributed by atoms with E-state index >= 15 is 0 Å². The van der Waals surface area contributed by atoms with Crippen molar-refractivity contribution in [2.24, 2.45) is 0 Å². The summed E-state index contributed by atoms with van der Waals surface area (Å²) in [5.74, 6) is -0.0336. The lowest BCUT2D eigenvalue weighted by Gasteiger charge is -2.26. The lowest BCUT2D eigenvalue weighted by atomic mass is 10.2. The normalized spacial score (nSPS) is 10.4. The summed E-state index contributed by atoms with van der Waals surface area (Å²) in [7, 11) is 0. The van der Waals surface area contributed by atoms with Crippen LogP contribution < -0.4 is 0 Å². The summed E-state index contributed by atoms with van der Waals surface area (Å²) < 4.78 is 0. The third kappa shape index (κ3) is 6.38. The van der Waals surface area contributed by atoms with Gasteiger partial charge < -0.3 is 10.0 Å². The Morgan fingerprint density at radius 2 is 1.93 bits per heavy atom. The van der Waals surface area contributed by atoms with Crippen LogP contribution in [0.5, 0.6) is 0 Å². The van der Waals surface area contributed by atoms with Gasteiger partial charge in [-0.2, -0.15) is 11.8 Å². The van der Waals surface area contributed by atoms with Gasteiger partial charge in [0.05, 0.1) is 6.42 Å². The van der Waals surface area contributed by atoms with Gasteiger partial charge in [-0.25, -0.2) is 0 Å². The maximum Gasteiger partial charge on any atom is 0.305 e. The van der Waals surface area contributed by atoms with Crippen molar-refractivity contribution in [2.45, 2.75) is 32.7 Å². The highest BCUT2D eigenvalue weighted by Crippen LogP contribution is 2.06.